The Balaban J connectivity index is 4.05. The summed E-state index contributed by atoms with van der Waals surface area (Å²) >= 11 is 4.92. The zero-order valence-electron chi connectivity index (χ0n) is 9.88. The number of thiocarbonyl (C=S) groups is 1. The van der Waals surface area contributed by atoms with Crippen LogP contribution in [0, 0.1) is 0 Å². The van der Waals surface area contributed by atoms with Crippen molar-refractivity contribution < 1.29 is 9.53 Å². The van der Waals surface area contributed by atoms with E-state index < -0.39 is 11.7 Å². The van der Waals surface area contributed by atoms with E-state index in [1.54, 1.807) is 27.8 Å². The van der Waals surface area contributed by atoms with Crippen LogP contribution in [0.1, 0.15) is 27.7 Å². The number of nitrogens with one attached hydrogen (secondary N) is 2. The van der Waals surface area contributed by atoms with Crippen LogP contribution < -0.4 is 10.7 Å². The minimum Gasteiger partial charge on any atom is -0.442 e. The van der Waals surface area contributed by atoms with Gasteiger partial charge >= 0.3 is 6.09 Å². The fourth-order valence-electron chi connectivity index (χ4n) is 0.728. The highest BCUT2D eigenvalue weighted by atomic mass is 32.1. The maximum absolute atomic E-state index is 11.5. The third-order valence-electron chi connectivity index (χ3n) is 1.27. The quantitative estimate of drug-likeness (QED) is 0.527. The van der Waals surface area contributed by atoms with E-state index in [9.17, 15) is 4.79 Å². The van der Waals surface area contributed by atoms with Crippen molar-refractivity contribution in [1.82, 2.24) is 15.8 Å². The van der Waals surface area contributed by atoms with Crippen molar-refractivity contribution in [2.45, 2.75) is 33.3 Å². The molecular weight excluding hydrogens is 214 g/mol. The maximum atomic E-state index is 11.5. The normalized spacial score (nSPS) is 10.5. The van der Waals surface area contributed by atoms with E-state index in [0.29, 0.717) is 11.7 Å². The highest BCUT2D eigenvalue weighted by Crippen LogP contribution is 2.07. The Morgan fingerprint density at radius 1 is 1.47 bits per heavy atom. The molecule has 0 heterocycles. The minimum absolute atomic E-state index is 0.394. The van der Waals surface area contributed by atoms with E-state index >= 15 is 0 Å². The highest BCUT2D eigenvalue weighted by Gasteiger charge is 2.19. The number of hydrogen-bond acceptors (Lipinski definition) is 3. The second-order valence-corrected chi connectivity index (χ2v) is 4.42. The minimum atomic E-state index is -0.507. The van der Waals surface area contributed by atoms with Gasteiger partial charge in [-0.05, 0) is 39.9 Å². The zero-order chi connectivity index (χ0) is 12.1. The van der Waals surface area contributed by atoms with Gasteiger partial charge in [-0.15, -0.1) is 0 Å². The first kappa shape index (κ1) is 14.0. The molecule has 0 fully saturated rings. The average Bonchev–Trinajstić information content (AvgIpc) is 2.00. The average molecular weight is 233 g/mol. The third kappa shape index (κ3) is 6.96. The summed E-state index contributed by atoms with van der Waals surface area (Å²) in [6, 6.07) is 0. The Morgan fingerprint density at radius 2 is 2.00 bits per heavy atom. The number of nitrogens with zero attached hydrogens (tertiary/aromatic N) is 1. The molecule has 0 aliphatic heterocycles. The summed E-state index contributed by atoms with van der Waals surface area (Å²) in [4.78, 5) is 11.5. The van der Waals surface area contributed by atoms with Crippen LogP contribution in [0.15, 0.2) is 0 Å². The summed E-state index contributed by atoms with van der Waals surface area (Å²) in [5.74, 6) is 0. The Labute approximate surface area is 96.1 Å². The van der Waals surface area contributed by atoms with Gasteiger partial charge < -0.3 is 10.1 Å². The van der Waals surface area contributed by atoms with E-state index in [1.165, 1.54) is 5.01 Å². The third-order valence-corrected chi connectivity index (χ3v) is 1.51. The van der Waals surface area contributed by atoms with Crippen LogP contribution >= 0.6 is 12.2 Å². The van der Waals surface area contributed by atoms with Crippen LogP contribution in [0.3, 0.4) is 0 Å². The number of hydrazine groups is 1. The van der Waals surface area contributed by atoms with Gasteiger partial charge in [0.05, 0.1) is 0 Å². The van der Waals surface area contributed by atoms with Crippen LogP contribution in [0.2, 0.25) is 0 Å². The van der Waals surface area contributed by atoms with Crippen molar-refractivity contribution in [2.75, 3.05) is 13.6 Å². The van der Waals surface area contributed by atoms with Crippen LogP contribution in [0.25, 0.3) is 0 Å². The van der Waals surface area contributed by atoms with E-state index in [0.717, 1.165) is 0 Å². The molecule has 0 aromatic heterocycles. The standard InChI is InChI=1S/C9H19N3O2S/c1-6-10-7(15)11-12(5)8(13)14-9(2,3)4/h6H2,1-5H3,(H2,10,11,15). The van der Waals surface area contributed by atoms with E-state index in [1.807, 2.05) is 6.92 Å². The first-order valence-electron chi connectivity index (χ1n) is 4.77. The number of hydrogen-bond donors (Lipinski definition) is 2. The lowest BCUT2D eigenvalue weighted by Crippen LogP contribution is -2.49. The molecule has 6 heteroatoms. The molecule has 0 spiro atoms. The van der Waals surface area contributed by atoms with Gasteiger partial charge in [-0.1, -0.05) is 0 Å². The molecule has 0 saturated carbocycles. The van der Waals surface area contributed by atoms with Gasteiger partial charge in [0, 0.05) is 13.6 Å². The van der Waals surface area contributed by atoms with Gasteiger partial charge in [0.1, 0.15) is 5.60 Å². The topological polar surface area (TPSA) is 53.6 Å². The van der Waals surface area contributed by atoms with Crippen molar-refractivity contribution in [3.63, 3.8) is 0 Å². The number of amides is 1. The number of carbonyl (C=O) groups excluding carboxylic acids is 1. The summed E-state index contributed by atoms with van der Waals surface area (Å²) in [6.07, 6.45) is -0.470. The van der Waals surface area contributed by atoms with Crippen LogP contribution in [0.5, 0.6) is 0 Å². The van der Waals surface area contributed by atoms with Crippen LogP contribution in [-0.4, -0.2) is 35.4 Å². The van der Waals surface area contributed by atoms with Crippen LogP contribution in [-0.2, 0) is 4.74 Å². The second kappa shape index (κ2) is 5.75. The van der Waals surface area contributed by atoms with Crippen molar-refractivity contribution in [3.05, 3.63) is 0 Å². The van der Waals surface area contributed by atoms with Crippen molar-refractivity contribution in [3.8, 4) is 0 Å². The molecule has 2 N–H and O–H groups in total. The second-order valence-electron chi connectivity index (χ2n) is 4.01. The van der Waals surface area contributed by atoms with Gasteiger partial charge in [0.25, 0.3) is 0 Å². The Morgan fingerprint density at radius 3 is 2.40 bits per heavy atom. The molecule has 0 atom stereocenters. The predicted molar refractivity (Wildman–Crippen MR) is 63.4 cm³/mol. The molecule has 0 aromatic carbocycles. The molecule has 0 rings (SSSR count). The smallest absolute Gasteiger partial charge is 0.428 e. The number of ether oxygens (including phenoxy) is 1. The molecule has 0 radical (unpaired) electrons. The van der Waals surface area contributed by atoms with Crippen molar-refractivity contribution in [2.24, 2.45) is 0 Å². The Kier molecular flexibility index (Phi) is 5.35. The molecule has 88 valence electrons. The molecule has 1 amide bonds. The number of rotatable bonds is 1. The SMILES string of the molecule is CCNC(=S)NN(C)C(=O)OC(C)(C)C. The first-order valence-corrected chi connectivity index (χ1v) is 5.18. The molecule has 0 unspecified atom stereocenters. The summed E-state index contributed by atoms with van der Waals surface area (Å²) in [5, 5.41) is 4.46. The molecule has 0 saturated heterocycles. The summed E-state index contributed by atoms with van der Waals surface area (Å²) in [6.45, 7) is 8.04. The van der Waals surface area contributed by atoms with Gasteiger partial charge in [-0.25, -0.2) is 9.80 Å². The predicted octanol–water partition coefficient (Wildman–Crippen LogP) is 1.25. The lowest BCUT2D eigenvalue weighted by Gasteiger charge is -2.25. The van der Waals surface area contributed by atoms with Crippen molar-refractivity contribution >= 4 is 23.4 Å². The lowest BCUT2D eigenvalue weighted by molar-refractivity contribution is 0.0250. The zero-order valence-corrected chi connectivity index (χ0v) is 10.7. The maximum Gasteiger partial charge on any atom is 0.428 e. The van der Waals surface area contributed by atoms with Gasteiger partial charge in [-0.2, -0.15) is 0 Å². The molecule has 5 nitrogen and oxygen atoms in total. The molecule has 0 bridgehead atoms. The van der Waals surface area contributed by atoms with Crippen molar-refractivity contribution in [1.29, 1.82) is 0 Å². The summed E-state index contributed by atoms with van der Waals surface area (Å²) in [5.41, 5.74) is 2.18. The fourth-order valence-corrected chi connectivity index (χ4v) is 1.01. The highest BCUT2D eigenvalue weighted by molar-refractivity contribution is 7.80. The molecule has 15 heavy (non-hydrogen) atoms. The van der Waals surface area contributed by atoms with E-state index in [-0.39, 0.29) is 0 Å². The summed E-state index contributed by atoms with van der Waals surface area (Å²) < 4.78 is 5.12. The largest absolute Gasteiger partial charge is 0.442 e. The first-order chi connectivity index (χ1) is 6.76. The molecule has 0 aliphatic rings. The van der Waals surface area contributed by atoms with Crippen LogP contribution in [0.4, 0.5) is 4.79 Å². The van der Waals surface area contributed by atoms with E-state index in [2.05, 4.69) is 10.7 Å². The lowest BCUT2D eigenvalue weighted by atomic mass is 10.2. The fraction of sp³-hybridized carbons (Fsp3) is 0.778. The number of carbonyl (C=O) groups is 1. The summed E-state index contributed by atoms with van der Waals surface area (Å²) in [7, 11) is 1.55. The Bertz CT molecular complexity index is 238. The van der Waals surface area contributed by atoms with E-state index in [4.69, 9.17) is 17.0 Å². The van der Waals surface area contributed by atoms with Gasteiger partial charge in [0.2, 0.25) is 0 Å². The van der Waals surface area contributed by atoms with Gasteiger partial charge in [0.15, 0.2) is 5.11 Å². The molecule has 0 aliphatic carbocycles. The molecular formula is C9H19N3O2S. The monoisotopic (exact) mass is 233 g/mol. The Hall–Kier alpha value is -1.04. The van der Waals surface area contributed by atoms with Gasteiger partial charge in [-0.3, -0.25) is 5.43 Å². The molecule has 0 aromatic rings.